The standard InChI is InChI=1S/C26H23Cl4N5O6S.ClH/c27-14-6-15(28)8-18(7-14)42(40,41)35-12-16(31)9-22(35)24(36)34-21(26(38)39)5-13-1-3-17(4-2-13)33-25(37)23-19(29)10-32-11-20(23)30;/h1-4,6-8,10-11,16,21-22H,5,9,12,31H2,(H,33,37)(H,34,36)(H,38,39);1H/t16-,21+,22+;/m1./s1. The van der Waals surface area contributed by atoms with Crippen molar-refractivity contribution in [3.8, 4) is 0 Å². The zero-order chi connectivity index (χ0) is 30.8. The van der Waals surface area contributed by atoms with E-state index in [2.05, 4.69) is 15.6 Å². The first-order valence-electron chi connectivity index (χ1n) is 12.2. The van der Waals surface area contributed by atoms with Gasteiger partial charge in [-0.05, 0) is 42.3 Å². The van der Waals surface area contributed by atoms with Crippen LogP contribution in [0.15, 0.2) is 59.8 Å². The molecule has 11 nitrogen and oxygen atoms in total. The van der Waals surface area contributed by atoms with Gasteiger partial charge in [-0.15, -0.1) is 12.4 Å². The summed E-state index contributed by atoms with van der Waals surface area (Å²) in [6, 6.07) is 6.68. The van der Waals surface area contributed by atoms with E-state index in [4.69, 9.17) is 52.1 Å². The average molecular weight is 712 g/mol. The van der Waals surface area contributed by atoms with E-state index in [9.17, 15) is 27.9 Å². The van der Waals surface area contributed by atoms with Crippen LogP contribution in [0.3, 0.4) is 0 Å². The molecule has 2 aromatic carbocycles. The van der Waals surface area contributed by atoms with Gasteiger partial charge in [0, 0.05) is 47.1 Å². The Morgan fingerprint density at radius 1 is 1.02 bits per heavy atom. The number of nitrogens with zero attached hydrogens (tertiary/aromatic N) is 2. The molecule has 3 aromatic rings. The van der Waals surface area contributed by atoms with Crippen LogP contribution in [0.1, 0.15) is 22.3 Å². The monoisotopic (exact) mass is 709 g/mol. The highest BCUT2D eigenvalue weighted by Crippen LogP contribution is 2.30. The minimum Gasteiger partial charge on any atom is -0.480 e. The van der Waals surface area contributed by atoms with Crippen LogP contribution in [-0.4, -0.2) is 65.3 Å². The van der Waals surface area contributed by atoms with Crippen molar-refractivity contribution in [2.45, 2.75) is 35.9 Å². The number of carboxylic acids is 1. The number of carboxylic acid groups (broad SMARTS) is 1. The number of benzene rings is 2. The normalized spacial score (nSPS) is 17.5. The van der Waals surface area contributed by atoms with Crippen molar-refractivity contribution in [3.05, 3.63) is 86.1 Å². The number of hydrogen-bond acceptors (Lipinski definition) is 7. The molecule has 1 aliphatic heterocycles. The van der Waals surface area contributed by atoms with Crippen LogP contribution in [0.2, 0.25) is 20.1 Å². The summed E-state index contributed by atoms with van der Waals surface area (Å²) >= 11 is 24.0. The molecular formula is C26H24Cl5N5O6S. The molecule has 1 saturated heterocycles. The van der Waals surface area contributed by atoms with Crippen molar-refractivity contribution < 1.29 is 27.9 Å². The maximum absolute atomic E-state index is 13.4. The van der Waals surface area contributed by atoms with Gasteiger partial charge in [-0.3, -0.25) is 14.6 Å². The quantitative estimate of drug-likeness (QED) is 0.255. The van der Waals surface area contributed by atoms with Crippen LogP contribution in [0.4, 0.5) is 5.69 Å². The molecule has 17 heteroatoms. The number of hydrogen-bond donors (Lipinski definition) is 4. The first kappa shape index (κ1) is 34.8. The molecular weight excluding hydrogens is 688 g/mol. The van der Waals surface area contributed by atoms with Gasteiger partial charge in [0.1, 0.15) is 12.1 Å². The van der Waals surface area contributed by atoms with Gasteiger partial charge in [-0.1, -0.05) is 58.5 Å². The van der Waals surface area contributed by atoms with Gasteiger partial charge < -0.3 is 21.5 Å². The molecule has 0 saturated carbocycles. The first-order valence-corrected chi connectivity index (χ1v) is 15.2. The molecule has 43 heavy (non-hydrogen) atoms. The van der Waals surface area contributed by atoms with Crippen molar-refractivity contribution in [1.29, 1.82) is 0 Å². The van der Waals surface area contributed by atoms with Crippen molar-refractivity contribution in [1.82, 2.24) is 14.6 Å². The third kappa shape index (κ3) is 8.28. The summed E-state index contributed by atoms with van der Waals surface area (Å²) in [6.07, 6.45) is 2.41. The Balaban J connectivity index is 0.00000506. The summed E-state index contributed by atoms with van der Waals surface area (Å²) in [5, 5.41) is 15.2. The summed E-state index contributed by atoms with van der Waals surface area (Å²) < 4.78 is 27.6. The number of nitrogens with one attached hydrogen (secondary N) is 2. The Kier molecular flexibility index (Phi) is 11.7. The molecule has 2 heterocycles. The summed E-state index contributed by atoms with van der Waals surface area (Å²) in [6.45, 7) is -0.161. The van der Waals surface area contributed by atoms with Crippen LogP contribution in [0.5, 0.6) is 0 Å². The molecule has 230 valence electrons. The van der Waals surface area contributed by atoms with Crippen LogP contribution in [0, 0.1) is 0 Å². The molecule has 0 bridgehead atoms. The summed E-state index contributed by atoms with van der Waals surface area (Å²) in [7, 11) is -4.24. The maximum atomic E-state index is 13.4. The SMILES string of the molecule is Cl.N[C@@H]1C[C@@H](C(=O)N[C@@H](Cc2ccc(NC(=O)c3c(Cl)cncc3Cl)cc2)C(=O)O)N(S(=O)(=O)c2cc(Cl)cc(Cl)c2)C1. The van der Waals surface area contributed by atoms with E-state index in [1.807, 2.05) is 0 Å². The lowest BCUT2D eigenvalue weighted by Crippen LogP contribution is -2.51. The number of halogens is 5. The predicted molar refractivity (Wildman–Crippen MR) is 166 cm³/mol. The lowest BCUT2D eigenvalue weighted by molar-refractivity contribution is -0.142. The highest BCUT2D eigenvalue weighted by atomic mass is 35.5. The van der Waals surface area contributed by atoms with Crippen LogP contribution >= 0.6 is 58.8 Å². The molecule has 4 rings (SSSR count). The second-order valence-electron chi connectivity index (χ2n) is 9.42. The molecule has 1 aromatic heterocycles. The number of rotatable bonds is 9. The van der Waals surface area contributed by atoms with Crippen LogP contribution in [-0.2, 0) is 26.0 Å². The summed E-state index contributed by atoms with van der Waals surface area (Å²) in [5.41, 5.74) is 6.95. The molecule has 1 aliphatic rings. The smallest absolute Gasteiger partial charge is 0.326 e. The lowest BCUT2D eigenvalue weighted by atomic mass is 10.0. The number of aliphatic carboxylic acids is 1. The highest BCUT2D eigenvalue weighted by molar-refractivity contribution is 7.89. The number of carbonyl (C=O) groups excluding carboxylic acids is 2. The molecule has 2 amide bonds. The third-order valence-corrected chi connectivity index (χ3v) is 9.24. The first-order chi connectivity index (χ1) is 19.8. The maximum Gasteiger partial charge on any atom is 0.326 e. The van der Waals surface area contributed by atoms with Gasteiger partial charge in [-0.25, -0.2) is 13.2 Å². The fraction of sp³-hybridized carbons (Fsp3) is 0.231. The van der Waals surface area contributed by atoms with Gasteiger partial charge >= 0.3 is 5.97 Å². The van der Waals surface area contributed by atoms with Gasteiger partial charge in [0.15, 0.2) is 0 Å². The lowest BCUT2D eigenvalue weighted by Gasteiger charge is -2.25. The van der Waals surface area contributed by atoms with Crippen molar-refractivity contribution in [2.75, 3.05) is 11.9 Å². The van der Waals surface area contributed by atoms with E-state index in [0.717, 1.165) is 4.31 Å². The van der Waals surface area contributed by atoms with Gasteiger partial charge in [0.05, 0.1) is 20.5 Å². The van der Waals surface area contributed by atoms with E-state index in [1.54, 1.807) is 12.1 Å². The topological polar surface area (TPSA) is 172 Å². The zero-order valence-corrected chi connectivity index (χ0v) is 26.5. The van der Waals surface area contributed by atoms with Crippen LogP contribution < -0.4 is 16.4 Å². The Hall–Kier alpha value is -2.68. The van der Waals surface area contributed by atoms with Crippen LogP contribution in [0.25, 0.3) is 0 Å². The van der Waals surface area contributed by atoms with Gasteiger partial charge in [0.25, 0.3) is 5.91 Å². The number of anilines is 1. The number of nitrogens with two attached hydrogens (primary N) is 1. The number of aromatic nitrogens is 1. The van der Waals surface area contributed by atoms with Crippen molar-refractivity contribution in [2.24, 2.45) is 5.73 Å². The Bertz CT molecular complexity index is 1600. The average Bonchev–Trinajstić information content (AvgIpc) is 3.31. The van der Waals surface area contributed by atoms with Crippen molar-refractivity contribution in [3.63, 3.8) is 0 Å². The van der Waals surface area contributed by atoms with E-state index < -0.39 is 45.9 Å². The number of pyridine rings is 1. The number of carbonyl (C=O) groups is 3. The number of sulfonamides is 1. The Labute approximate surface area is 273 Å². The molecule has 0 unspecified atom stereocenters. The molecule has 0 spiro atoms. The van der Waals surface area contributed by atoms with Gasteiger partial charge in [0.2, 0.25) is 15.9 Å². The zero-order valence-electron chi connectivity index (χ0n) is 21.8. The molecule has 3 atom stereocenters. The minimum atomic E-state index is -4.24. The second kappa shape index (κ2) is 14.4. The molecule has 5 N–H and O–H groups in total. The number of amides is 2. The summed E-state index contributed by atoms with van der Waals surface area (Å²) in [5.74, 6) is -2.71. The van der Waals surface area contributed by atoms with Gasteiger partial charge in [-0.2, -0.15) is 4.31 Å². The minimum absolute atomic E-state index is 0. The van der Waals surface area contributed by atoms with E-state index in [0.29, 0.717) is 11.3 Å². The molecule has 0 aliphatic carbocycles. The molecule has 0 radical (unpaired) electrons. The Morgan fingerprint density at radius 3 is 2.16 bits per heavy atom. The highest BCUT2D eigenvalue weighted by Gasteiger charge is 2.43. The molecule has 1 fully saturated rings. The van der Waals surface area contributed by atoms with Crippen molar-refractivity contribution >= 4 is 92.3 Å². The predicted octanol–water partition coefficient (Wildman–Crippen LogP) is 4.27. The summed E-state index contributed by atoms with van der Waals surface area (Å²) in [4.78, 5) is 41.4. The fourth-order valence-electron chi connectivity index (χ4n) is 4.40. The fourth-order valence-corrected chi connectivity index (χ4v) is 7.32. The van der Waals surface area contributed by atoms with E-state index >= 15 is 0 Å². The van der Waals surface area contributed by atoms with E-state index in [1.165, 1.54) is 42.7 Å². The Morgan fingerprint density at radius 2 is 1.60 bits per heavy atom. The largest absolute Gasteiger partial charge is 0.480 e. The third-order valence-electron chi connectivity index (χ3n) is 6.38. The second-order valence-corrected chi connectivity index (χ2v) is 13.0. The van der Waals surface area contributed by atoms with E-state index in [-0.39, 0.29) is 62.3 Å².